The van der Waals surface area contributed by atoms with Crippen molar-refractivity contribution in [2.45, 2.75) is 45.4 Å². The quantitative estimate of drug-likeness (QED) is 0.563. The molecule has 1 aliphatic rings. The lowest BCUT2D eigenvalue weighted by atomic mass is 10.0. The Bertz CT molecular complexity index is 745. The van der Waals surface area contributed by atoms with Crippen molar-refractivity contribution >= 4 is 17.6 Å². The zero-order valence-electron chi connectivity index (χ0n) is 16.4. The van der Waals surface area contributed by atoms with Crippen molar-refractivity contribution in [1.29, 1.82) is 0 Å². The Balaban J connectivity index is 1.53. The highest BCUT2D eigenvalue weighted by atomic mass is 35.5. The zero-order valence-corrected chi connectivity index (χ0v) is 17.2. The standard InChI is InChI=1S/C23H28ClNO3/c1-2-27-23(26)14-16-25-15-4-3-5-22(25)28-17-18-6-8-19(9-7-18)20-10-12-21(24)13-11-20/h6-13,22H,2-5,14-17H2,1H3. The lowest BCUT2D eigenvalue weighted by molar-refractivity contribution is -0.145. The fourth-order valence-electron chi connectivity index (χ4n) is 3.50. The molecular formula is C23H28ClNO3. The van der Waals surface area contributed by atoms with E-state index in [-0.39, 0.29) is 12.2 Å². The van der Waals surface area contributed by atoms with Crippen LogP contribution in [0.2, 0.25) is 5.02 Å². The van der Waals surface area contributed by atoms with Crippen molar-refractivity contribution < 1.29 is 14.3 Å². The second-order valence-electron chi connectivity index (χ2n) is 7.06. The summed E-state index contributed by atoms with van der Waals surface area (Å²) in [5.41, 5.74) is 3.46. The molecule has 1 saturated heterocycles. The Morgan fingerprint density at radius 3 is 2.43 bits per heavy atom. The maximum absolute atomic E-state index is 11.6. The normalized spacial score (nSPS) is 17.4. The van der Waals surface area contributed by atoms with Crippen LogP contribution in [-0.2, 0) is 20.9 Å². The lowest BCUT2D eigenvalue weighted by Gasteiger charge is -2.35. The van der Waals surface area contributed by atoms with Gasteiger partial charge in [0.05, 0.1) is 19.6 Å². The number of likely N-dealkylation sites (tertiary alicyclic amines) is 1. The van der Waals surface area contributed by atoms with Crippen LogP contribution in [0.5, 0.6) is 0 Å². The van der Waals surface area contributed by atoms with Crippen molar-refractivity contribution in [1.82, 2.24) is 4.90 Å². The molecule has 2 aromatic carbocycles. The summed E-state index contributed by atoms with van der Waals surface area (Å²) in [5, 5.41) is 0.744. The van der Waals surface area contributed by atoms with Crippen molar-refractivity contribution in [3.05, 3.63) is 59.1 Å². The van der Waals surface area contributed by atoms with E-state index in [2.05, 4.69) is 29.2 Å². The minimum Gasteiger partial charge on any atom is -0.466 e. The van der Waals surface area contributed by atoms with Crippen LogP contribution in [0.25, 0.3) is 11.1 Å². The highest BCUT2D eigenvalue weighted by molar-refractivity contribution is 6.30. The maximum Gasteiger partial charge on any atom is 0.307 e. The summed E-state index contributed by atoms with van der Waals surface area (Å²) in [7, 11) is 0. The molecule has 0 radical (unpaired) electrons. The topological polar surface area (TPSA) is 38.8 Å². The molecule has 2 aromatic rings. The third kappa shape index (κ3) is 6.06. The molecule has 0 spiro atoms. The first-order valence-corrected chi connectivity index (χ1v) is 10.4. The largest absolute Gasteiger partial charge is 0.466 e. The van der Waals surface area contributed by atoms with Crippen molar-refractivity contribution in [3.63, 3.8) is 0 Å². The number of rotatable bonds is 8. The first-order valence-electron chi connectivity index (χ1n) is 10.0. The molecule has 28 heavy (non-hydrogen) atoms. The van der Waals surface area contributed by atoms with Crippen LogP contribution in [-0.4, -0.2) is 36.8 Å². The van der Waals surface area contributed by atoms with E-state index >= 15 is 0 Å². The molecule has 0 saturated carbocycles. The summed E-state index contributed by atoms with van der Waals surface area (Å²) in [6.07, 6.45) is 3.81. The average molecular weight is 402 g/mol. The van der Waals surface area contributed by atoms with E-state index in [4.69, 9.17) is 21.1 Å². The van der Waals surface area contributed by atoms with Crippen molar-refractivity contribution in [2.75, 3.05) is 19.7 Å². The molecule has 3 rings (SSSR count). The van der Waals surface area contributed by atoms with Gasteiger partial charge in [0, 0.05) is 18.1 Å². The first kappa shape index (κ1) is 20.8. The number of hydrogen-bond donors (Lipinski definition) is 0. The van der Waals surface area contributed by atoms with Gasteiger partial charge in [0.25, 0.3) is 0 Å². The third-order valence-electron chi connectivity index (χ3n) is 5.04. The van der Waals surface area contributed by atoms with Crippen molar-refractivity contribution in [2.24, 2.45) is 0 Å². The van der Waals surface area contributed by atoms with Gasteiger partial charge >= 0.3 is 5.97 Å². The molecule has 1 heterocycles. The molecule has 4 nitrogen and oxygen atoms in total. The summed E-state index contributed by atoms with van der Waals surface area (Å²) >= 11 is 5.96. The Kier molecular flexibility index (Phi) is 7.90. The van der Waals surface area contributed by atoms with E-state index in [1.165, 1.54) is 0 Å². The van der Waals surface area contributed by atoms with Crippen LogP contribution in [0.1, 0.15) is 38.2 Å². The summed E-state index contributed by atoms with van der Waals surface area (Å²) in [5.74, 6) is -0.135. The number of carbonyl (C=O) groups excluding carboxylic acids is 1. The molecule has 0 aliphatic carbocycles. The third-order valence-corrected chi connectivity index (χ3v) is 5.29. The zero-order chi connectivity index (χ0) is 19.8. The lowest BCUT2D eigenvalue weighted by Crippen LogP contribution is -2.42. The SMILES string of the molecule is CCOC(=O)CCN1CCCCC1OCc1ccc(-c2ccc(Cl)cc2)cc1. The number of hydrogen-bond acceptors (Lipinski definition) is 4. The summed E-state index contributed by atoms with van der Waals surface area (Å²) < 4.78 is 11.2. The molecule has 0 N–H and O–H groups in total. The molecule has 0 bridgehead atoms. The fraction of sp³-hybridized carbons (Fsp3) is 0.435. The molecule has 1 aliphatic heterocycles. The van der Waals surface area contributed by atoms with Gasteiger partial charge in [-0.25, -0.2) is 0 Å². The molecule has 1 atom stereocenters. The van der Waals surface area contributed by atoms with Gasteiger partial charge in [0.15, 0.2) is 0 Å². The van der Waals surface area contributed by atoms with Crippen LogP contribution >= 0.6 is 11.6 Å². The van der Waals surface area contributed by atoms with Crippen LogP contribution in [0.4, 0.5) is 0 Å². The molecule has 0 amide bonds. The van der Waals surface area contributed by atoms with E-state index in [1.54, 1.807) is 0 Å². The van der Waals surface area contributed by atoms with Crippen LogP contribution in [0.15, 0.2) is 48.5 Å². The van der Waals surface area contributed by atoms with Gasteiger partial charge in [-0.15, -0.1) is 0 Å². The molecule has 0 aromatic heterocycles. The molecule has 5 heteroatoms. The number of piperidine rings is 1. The number of nitrogens with zero attached hydrogens (tertiary/aromatic N) is 1. The van der Waals surface area contributed by atoms with E-state index in [0.717, 1.165) is 47.5 Å². The van der Waals surface area contributed by atoms with E-state index in [0.29, 0.717) is 26.2 Å². The molecular weight excluding hydrogens is 374 g/mol. The van der Waals surface area contributed by atoms with Gasteiger partial charge in [0.1, 0.15) is 6.23 Å². The number of carbonyl (C=O) groups is 1. The van der Waals surface area contributed by atoms with E-state index in [1.807, 2.05) is 31.2 Å². The van der Waals surface area contributed by atoms with E-state index in [9.17, 15) is 4.79 Å². The van der Waals surface area contributed by atoms with Crippen LogP contribution in [0, 0.1) is 0 Å². The fourth-order valence-corrected chi connectivity index (χ4v) is 3.63. The number of halogens is 1. The maximum atomic E-state index is 11.6. The highest BCUT2D eigenvalue weighted by Gasteiger charge is 2.23. The van der Waals surface area contributed by atoms with E-state index < -0.39 is 0 Å². The summed E-state index contributed by atoms with van der Waals surface area (Å²) in [6.45, 7) is 4.51. The smallest absolute Gasteiger partial charge is 0.307 e. The Hall–Kier alpha value is -1.88. The van der Waals surface area contributed by atoms with Crippen LogP contribution < -0.4 is 0 Å². The predicted molar refractivity (Wildman–Crippen MR) is 112 cm³/mol. The predicted octanol–water partition coefficient (Wildman–Crippen LogP) is 5.29. The second-order valence-corrected chi connectivity index (χ2v) is 7.49. The number of esters is 1. The summed E-state index contributed by atoms with van der Waals surface area (Å²) in [4.78, 5) is 13.9. The second kappa shape index (κ2) is 10.6. The molecule has 150 valence electrons. The summed E-state index contributed by atoms with van der Waals surface area (Å²) in [6, 6.07) is 16.3. The van der Waals surface area contributed by atoms with Gasteiger partial charge in [0.2, 0.25) is 0 Å². The number of benzene rings is 2. The van der Waals surface area contributed by atoms with Gasteiger partial charge in [-0.1, -0.05) is 48.0 Å². The minimum absolute atomic E-state index is 0.0686. The van der Waals surface area contributed by atoms with Gasteiger partial charge in [-0.3, -0.25) is 9.69 Å². The Morgan fingerprint density at radius 2 is 1.75 bits per heavy atom. The highest BCUT2D eigenvalue weighted by Crippen LogP contribution is 2.23. The minimum atomic E-state index is -0.135. The van der Waals surface area contributed by atoms with Gasteiger partial charge in [-0.2, -0.15) is 0 Å². The van der Waals surface area contributed by atoms with Gasteiger partial charge in [-0.05, 0) is 55.0 Å². The number of ether oxygens (including phenoxy) is 2. The van der Waals surface area contributed by atoms with Crippen LogP contribution in [0.3, 0.4) is 0 Å². The first-order chi connectivity index (χ1) is 13.7. The van der Waals surface area contributed by atoms with Crippen molar-refractivity contribution in [3.8, 4) is 11.1 Å². The molecule has 1 unspecified atom stereocenters. The Morgan fingerprint density at radius 1 is 1.07 bits per heavy atom. The van der Waals surface area contributed by atoms with Gasteiger partial charge < -0.3 is 9.47 Å². The average Bonchev–Trinajstić information content (AvgIpc) is 2.72. The molecule has 1 fully saturated rings. The Labute approximate surface area is 172 Å². The monoisotopic (exact) mass is 401 g/mol.